The highest BCUT2D eigenvalue weighted by Gasteiger charge is 2.11. The molecular formula is C19H22N4O2S. The van der Waals surface area contributed by atoms with Gasteiger partial charge in [-0.25, -0.2) is 4.98 Å². The van der Waals surface area contributed by atoms with E-state index in [1.807, 2.05) is 31.2 Å². The minimum atomic E-state index is -0.149. The van der Waals surface area contributed by atoms with Crippen LogP contribution >= 0.6 is 11.3 Å². The normalized spacial score (nSPS) is 10.7. The maximum absolute atomic E-state index is 12.2. The molecule has 1 aromatic carbocycles. The number of methoxy groups -OCH3 is 1. The number of hydrogen-bond acceptors (Lipinski definition) is 5. The topological polar surface area (TPSA) is 79.9 Å². The molecule has 0 fully saturated rings. The maximum atomic E-state index is 12.2. The van der Waals surface area contributed by atoms with Crippen molar-refractivity contribution >= 4 is 17.2 Å². The number of amides is 1. The van der Waals surface area contributed by atoms with Crippen molar-refractivity contribution in [2.45, 2.75) is 26.7 Å². The van der Waals surface area contributed by atoms with Gasteiger partial charge in [0.25, 0.3) is 5.91 Å². The first-order valence-electron chi connectivity index (χ1n) is 8.47. The largest absolute Gasteiger partial charge is 0.497 e. The zero-order chi connectivity index (χ0) is 18.5. The number of benzene rings is 1. The van der Waals surface area contributed by atoms with Gasteiger partial charge in [-0.15, -0.1) is 11.3 Å². The lowest BCUT2D eigenvalue weighted by molar-refractivity contribution is 0.0948. The van der Waals surface area contributed by atoms with Crippen molar-refractivity contribution in [3.63, 3.8) is 0 Å². The number of thiazole rings is 1. The van der Waals surface area contributed by atoms with Gasteiger partial charge in [0, 0.05) is 23.4 Å². The van der Waals surface area contributed by atoms with E-state index in [2.05, 4.69) is 27.4 Å². The minimum Gasteiger partial charge on any atom is -0.497 e. The van der Waals surface area contributed by atoms with Crippen molar-refractivity contribution < 1.29 is 9.53 Å². The zero-order valence-electron chi connectivity index (χ0n) is 15.1. The SMILES string of the molecule is COc1ccc(-c2cc(C(=O)NCCCc3nc(C)c(C)s3)[nH]n2)cc1. The van der Waals surface area contributed by atoms with Crippen LogP contribution < -0.4 is 10.1 Å². The molecular weight excluding hydrogens is 348 g/mol. The van der Waals surface area contributed by atoms with Gasteiger partial charge >= 0.3 is 0 Å². The number of hydrogen-bond donors (Lipinski definition) is 2. The van der Waals surface area contributed by atoms with Crippen LogP contribution in [0.3, 0.4) is 0 Å². The van der Waals surface area contributed by atoms with Crippen LogP contribution in [0.2, 0.25) is 0 Å². The average Bonchev–Trinajstić information content (AvgIpc) is 3.26. The number of H-pyrrole nitrogens is 1. The standard InChI is InChI=1S/C19H22N4O2S/c1-12-13(2)26-18(21-12)5-4-10-20-19(24)17-11-16(22-23-17)14-6-8-15(25-3)9-7-14/h6-9,11H,4-5,10H2,1-3H3,(H,20,24)(H,22,23). The Morgan fingerprint density at radius 2 is 2.04 bits per heavy atom. The highest BCUT2D eigenvalue weighted by atomic mass is 32.1. The number of carbonyl (C=O) groups excluding carboxylic acids is 1. The van der Waals surface area contributed by atoms with E-state index >= 15 is 0 Å². The van der Waals surface area contributed by atoms with Crippen LogP contribution in [0.5, 0.6) is 5.75 Å². The van der Waals surface area contributed by atoms with E-state index in [1.165, 1.54) is 4.88 Å². The smallest absolute Gasteiger partial charge is 0.269 e. The summed E-state index contributed by atoms with van der Waals surface area (Å²) in [6.45, 7) is 4.71. The van der Waals surface area contributed by atoms with Crippen molar-refractivity contribution in [2.24, 2.45) is 0 Å². The van der Waals surface area contributed by atoms with Crippen molar-refractivity contribution in [3.05, 3.63) is 51.6 Å². The van der Waals surface area contributed by atoms with Gasteiger partial charge in [0.2, 0.25) is 0 Å². The molecule has 0 aliphatic heterocycles. The molecule has 0 radical (unpaired) electrons. The number of rotatable bonds is 7. The molecule has 0 saturated carbocycles. The van der Waals surface area contributed by atoms with Gasteiger partial charge in [-0.2, -0.15) is 5.10 Å². The molecule has 2 N–H and O–H groups in total. The lowest BCUT2D eigenvalue weighted by Crippen LogP contribution is -2.25. The average molecular weight is 370 g/mol. The summed E-state index contributed by atoms with van der Waals surface area (Å²) in [5, 5.41) is 11.1. The third-order valence-corrected chi connectivity index (χ3v) is 5.27. The highest BCUT2D eigenvalue weighted by Crippen LogP contribution is 2.21. The van der Waals surface area contributed by atoms with Crippen molar-refractivity contribution in [2.75, 3.05) is 13.7 Å². The summed E-state index contributed by atoms with van der Waals surface area (Å²) >= 11 is 1.72. The summed E-state index contributed by atoms with van der Waals surface area (Å²) in [5.74, 6) is 0.636. The fourth-order valence-corrected chi connectivity index (χ4v) is 3.51. The fourth-order valence-electron chi connectivity index (χ4n) is 2.53. The molecule has 136 valence electrons. The third-order valence-electron chi connectivity index (χ3n) is 4.13. The second-order valence-electron chi connectivity index (χ2n) is 6.00. The van der Waals surface area contributed by atoms with Gasteiger partial charge in [-0.1, -0.05) is 0 Å². The Hall–Kier alpha value is -2.67. The molecule has 0 aliphatic carbocycles. The van der Waals surface area contributed by atoms with Crippen LogP contribution in [0.4, 0.5) is 0 Å². The molecule has 7 heteroatoms. The molecule has 26 heavy (non-hydrogen) atoms. The van der Waals surface area contributed by atoms with Crippen molar-refractivity contribution in [3.8, 4) is 17.0 Å². The number of aryl methyl sites for hydroxylation is 3. The first kappa shape index (κ1) is 18.1. The highest BCUT2D eigenvalue weighted by molar-refractivity contribution is 7.11. The number of ether oxygens (including phenoxy) is 1. The molecule has 6 nitrogen and oxygen atoms in total. The lowest BCUT2D eigenvalue weighted by Gasteiger charge is -2.02. The molecule has 0 atom stereocenters. The Labute approximate surface area is 156 Å². The predicted octanol–water partition coefficient (Wildman–Crippen LogP) is 3.52. The van der Waals surface area contributed by atoms with Crippen LogP contribution in [0, 0.1) is 13.8 Å². The molecule has 1 amide bonds. The van der Waals surface area contributed by atoms with Crippen LogP contribution in [0.25, 0.3) is 11.3 Å². The quantitative estimate of drug-likeness (QED) is 0.624. The summed E-state index contributed by atoms with van der Waals surface area (Å²) in [6.07, 6.45) is 1.73. The molecule has 3 aromatic rings. The second kappa shape index (κ2) is 8.14. The van der Waals surface area contributed by atoms with Crippen LogP contribution in [-0.2, 0) is 6.42 Å². The molecule has 0 unspecified atom stereocenters. The van der Waals surface area contributed by atoms with E-state index in [1.54, 1.807) is 24.5 Å². The minimum absolute atomic E-state index is 0.149. The van der Waals surface area contributed by atoms with E-state index in [4.69, 9.17) is 4.74 Å². The Morgan fingerprint density at radius 3 is 2.69 bits per heavy atom. The molecule has 3 rings (SSSR count). The molecule has 0 bridgehead atoms. The molecule has 2 aromatic heterocycles. The van der Waals surface area contributed by atoms with E-state index in [0.717, 1.165) is 40.6 Å². The summed E-state index contributed by atoms with van der Waals surface area (Å²) in [6, 6.07) is 9.31. The summed E-state index contributed by atoms with van der Waals surface area (Å²) < 4.78 is 5.15. The summed E-state index contributed by atoms with van der Waals surface area (Å²) in [4.78, 5) is 18.0. The first-order valence-corrected chi connectivity index (χ1v) is 9.29. The van der Waals surface area contributed by atoms with Crippen LogP contribution in [0.1, 0.15) is 32.5 Å². The number of nitrogens with zero attached hydrogens (tertiary/aromatic N) is 2. The van der Waals surface area contributed by atoms with Gasteiger partial charge in [-0.3, -0.25) is 9.89 Å². The van der Waals surface area contributed by atoms with E-state index < -0.39 is 0 Å². The van der Waals surface area contributed by atoms with Crippen molar-refractivity contribution in [1.29, 1.82) is 0 Å². The Kier molecular flexibility index (Phi) is 5.68. The summed E-state index contributed by atoms with van der Waals surface area (Å²) in [5.41, 5.74) is 3.21. The fraction of sp³-hybridized carbons (Fsp3) is 0.316. The van der Waals surface area contributed by atoms with Gasteiger partial charge < -0.3 is 10.1 Å². The van der Waals surface area contributed by atoms with E-state index in [0.29, 0.717) is 12.2 Å². The predicted molar refractivity (Wildman–Crippen MR) is 103 cm³/mol. The summed E-state index contributed by atoms with van der Waals surface area (Å²) in [7, 11) is 1.63. The zero-order valence-corrected chi connectivity index (χ0v) is 15.9. The van der Waals surface area contributed by atoms with Crippen LogP contribution in [0.15, 0.2) is 30.3 Å². The Bertz CT molecular complexity index is 864. The second-order valence-corrected chi connectivity index (χ2v) is 7.29. The monoisotopic (exact) mass is 370 g/mol. The number of aromatic amines is 1. The van der Waals surface area contributed by atoms with Gasteiger partial charge in [0.1, 0.15) is 11.4 Å². The Morgan fingerprint density at radius 1 is 1.27 bits per heavy atom. The van der Waals surface area contributed by atoms with E-state index in [9.17, 15) is 4.79 Å². The molecule has 0 aliphatic rings. The number of aromatic nitrogens is 3. The van der Waals surface area contributed by atoms with Crippen molar-refractivity contribution in [1.82, 2.24) is 20.5 Å². The Balaban J connectivity index is 1.51. The van der Waals surface area contributed by atoms with Crippen LogP contribution in [-0.4, -0.2) is 34.7 Å². The van der Waals surface area contributed by atoms with E-state index in [-0.39, 0.29) is 5.91 Å². The molecule has 0 saturated heterocycles. The maximum Gasteiger partial charge on any atom is 0.269 e. The molecule has 0 spiro atoms. The van der Waals surface area contributed by atoms with Gasteiger partial charge in [0.15, 0.2) is 0 Å². The third kappa shape index (κ3) is 4.29. The lowest BCUT2D eigenvalue weighted by atomic mass is 10.1. The number of nitrogens with one attached hydrogen (secondary N) is 2. The molecule has 2 heterocycles. The number of carbonyl (C=O) groups is 1. The van der Waals surface area contributed by atoms with Gasteiger partial charge in [-0.05, 0) is 50.6 Å². The van der Waals surface area contributed by atoms with Gasteiger partial charge in [0.05, 0.1) is 23.5 Å². The first-order chi connectivity index (χ1) is 12.6.